The summed E-state index contributed by atoms with van der Waals surface area (Å²) in [5.74, 6) is 1.30. The van der Waals surface area contributed by atoms with Crippen LogP contribution in [-0.4, -0.2) is 30.3 Å². The minimum absolute atomic E-state index is 0.0108. The van der Waals surface area contributed by atoms with E-state index in [0.717, 1.165) is 24.2 Å². The Bertz CT molecular complexity index is 467. The van der Waals surface area contributed by atoms with Gasteiger partial charge in [-0.1, -0.05) is 12.1 Å². The lowest BCUT2D eigenvalue weighted by Gasteiger charge is -2.31. The van der Waals surface area contributed by atoms with Crippen molar-refractivity contribution >= 4 is 5.91 Å². The summed E-state index contributed by atoms with van der Waals surface area (Å²) in [6.45, 7) is 5.12. The second-order valence-corrected chi connectivity index (χ2v) is 5.59. The third-order valence-electron chi connectivity index (χ3n) is 3.94. The van der Waals surface area contributed by atoms with E-state index >= 15 is 0 Å². The number of hydrogen-bond acceptors (Lipinski definition) is 3. The molecule has 4 heteroatoms. The van der Waals surface area contributed by atoms with Gasteiger partial charge in [0.25, 0.3) is 0 Å². The number of aryl methyl sites for hydroxylation is 1. The van der Waals surface area contributed by atoms with Gasteiger partial charge in [-0.2, -0.15) is 0 Å². The van der Waals surface area contributed by atoms with Gasteiger partial charge in [0.15, 0.2) is 0 Å². The number of carbonyl (C=O) groups excluding carboxylic acids is 1. The molecule has 110 valence electrons. The highest BCUT2D eigenvalue weighted by molar-refractivity contribution is 5.76. The molecule has 4 nitrogen and oxygen atoms in total. The lowest BCUT2D eigenvalue weighted by molar-refractivity contribution is -0.122. The van der Waals surface area contributed by atoms with Crippen LogP contribution in [0.5, 0.6) is 5.75 Å². The van der Waals surface area contributed by atoms with Gasteiger partial charge in [0.1, 0.15) is 5.75 Å². The molecule has 20 heavy (non-hydrogen) atoms. The number of rotatable bonds is 6. The Morgan fingerprint density at radius 2 is 2.15 bits per heavy atom. The Morgan fingerprint density at radius 3 is 2.85 bits per heavy atom. The van der Waals surface area contributed by atoms with Gasteiger partial charge in [-0.05, 0) is 49.8 Å². The Hall–Kier alpha value is -1.55. The van der Waals surface area contributed by atoms with Crippen LogP contribution in [0.4, 0.5) is 0 Å². The van der Waals surface area contributed by atoms with E-state index in [1.165, 1.54) is 5.56 Å². The highest BCUT2D eigenvalue weighted by Crippen LogP contribution is 2.26. The first-order chi connectivity index (χ1) is 9.56. The number of aliphatic hydroxyl groups is 1. The van der Waals surface area contributed by atoms with Crippen LogP contribution in [0.3, 0.4) is 0 Å². The van der Waals surface area contributed by atoms with Crippen LogP contribution < -0.4 is 10.1 Å². The third-order valence-corrected chi connectivity index (χ3v) is 3.94. The summed E-state index contributed by atoms with van der Waals surface area (Å²) in [5, 5.41) is 12.1. The van der Waals surface area contributed by atoms with Gasteiger partial charge in [-0.15, -0.1) is 0 Å². The van der Waals surface area contributed by atoms with Crippen molar-refractivity contribution in [2.75, 3.05) is 13.2 Å². The molecule has 1 aliphatic rings. The molecular weight excluding hydrogens is 254 g/mol. The molecule has 0 saturated heterocycles. The predicted octanol–water partition coefficient (Wildman–Crippen LogP) is 1.96. The van der Waals surface area contributed by atoms with Crippen molar-refractivity contribution in [2.24, 2.45) is 5.92 Å². The summed E-state index contributed by atoms with van der Waals surface area (Å²) in [6.07, 6.45) is 1.81. The molecule has 0 atom stereocenters. The van der Waals surface area contributed by atoms with Crippen molar-refractivity contribution in [3.63, 3.8) is 0 Å². The number of carbonyl (C=O) groups is 1. The maximum atomic E-state index is 11.7. The summed E-state index contributed by atoms with van der Waals surface area (Å²) in [6, 6.07) is 5.93. The lowest BCUT2D eigenvalue weighted by Crippen LogP contribution is -2.38. The Morgan fingerprint density at radius 1 is 1.40 bits per heavy atom. The Kier molecular flexibility index (Phi) is 5.01. The molecule has 1 amide bonds. The minimum atomic E-state index is -0.162. The van der Waals surface area contributed by atoms with Crippen LogP contribution in [0.2, 0.25) is 0 Å². The van der Waals surface area contributed by atoms with Gasteiger partial charge in [0.05, 0.1) is 19.1 Å². The first-order valence-electron chi connectivity index (χ1n) is 7.20. The van der Waals surface area contributed by atoms with Crippen LogP contribution in [-0.2, 0) is 4.79 Å². The molecule has 0 aromatic heterocycles. The molecule has 0 radical (unpaired) electrons. The summed E-state index contributed by atoms with van der Waals surface area (Å²) < 4.78 is 5.65. The van der Waals surface area contributed by atoms with Crippen LogP contribution >= 0.6 is 0 Å². The summed E-state index contributed by atoms with van der Waals surface area (Å²) in [5.41, 5.74) is 2.31. The molecule has 0 aliphatic heterocycles. The minimum Gasteiger partial charge on any atom is -0.493 e. The van der Waals surface area contributed by atoms with E-state index in [0.29, 0.717) is 25.5 Å². The average molecular weight is 277 g/mol. The van der Waals surface area contributed by atoms with Crippen molar-refractivity contribution in [2.45, 2.75) is 39.2 Å². The van der Waals surface area contributed by atoms with Crippen molar-refractivity contribution in [3.8, 4) is 5.75 Å². The molecule has 2 N–H and O–H groups in total. The van der Waals surface area contributed by atoms with Gasteiger partial charge in [-0.25, -0.2) is 0 Å². The standard InChI is InChI=1S/C16H23NO3/c1-11-4-3-5-15(12(11)2)20-7-6-16(19)17-10-13-8-14(18)9-13/h3-5,13-14,18H,6-10H2,1-2H3,(H,17,19). The summed E-state index contributed by atoms with van der Waals surface area (Å²) in [4.78, 5) is 11.7. The monoisotopic (exact) mass is 277 g/mol. The van der Waals surface area contributed by atoms with E-state index in [9.17, 15) is 4.79 Å². The van der Waals surface area contributed by atoms with E-state index in [1.54, 1.807) is 0 Å². The molecule has 1 fully saturated rings. The highest BCUT2D eigenvalue weighted by atomic mass is 16.5. The number of hydrogen-bond donors (Lipinski definition) is 2. The first-order valence-corrected chi connectivity index (χ1v) is 7.20. The van der Waals surface area contributed by atoms with E-state index < -0.39 is 0 Å². The largest absolute Gasteiger partial charge is 0.493 e. The van der Waals surface area contributed by atoms with Crippen molar-refractivity contribution in [1.82, 2.24) is 5.32 Å². The van der Waals surface area contributed by atoms with Crippen LogP contribution in [0.25, 0.3) is 0 Å². The van der Waals surface area contributed by atoms with Crippen molar-refractivity contribution < 1.29 is 14.6 Å². The number of benzene rings is 1. The second kappa shape index (κ2) is 6.75. The van der Waals surface area contributed by atoms with Crippen LogP contribution in [0.15, 0.2) is 18.2 Å². The number of aliphatic hydroxyl groups excluding tert-OH is 1. The third kappa shape index (κ3) is 3.97. The average Bonchev–Trinajstić information content (AvgIpc) is 2.38. The zero-order valence-corrected chi connectivity index (χ0v) is 12.2. The summed E-state index contributed by atoms with van der Waals surface area (Å²) in [7, 11) is 0. The fourth-order valence-electron chi connectivity index (χ4n) is 2.35. The molecule has 1 aromatic rings. The topological polar surface area (TPSA) is 58.6 Å². The maximum Gasteiger partial charge on any atom is 0.223 e. The maximum absolute atomic E-state index is 11.7. The molecule has 1 aromatic carbocycles. The number of nitrogens with one attached hydrogen (secondary N) is 1. The molecule has 1 saturated carbocycles. The van der Waals surface area contributed by atoms with Crippen molar-refractivity contribution in [3.05, 3.63) is 29.3 Å². The molecular formula is C16H23NO3. The fraction of sp³-hybridized carbons (Fsp3) is 0.562. The smallest absolute Gasteiger partial charge is 0.223 e. The van der Waals surface area contributed by atoms with Gasteiger partial charge in [0, 0.05) is 6.54 Å². The van der Waals surface area contributed by atoms with E-state index in [-0.39, 0.29) is 12.0 Å². The highest BCUT2D eigenvalue weighted by Gasteiger charge is 2.26. The zero-order chi connectivity index (χ0) is 14.5. The van der Waals surface area contributed by atoms with Crippen LogP contribution in [0, 0.1) is 19.8 Å². The quantitative estimate of drug-likeness (QED) is 0.835. The van der Waals surface area contributed by atoms with E-state index in [4.69, 9.17) is 9.84 Å². The van der Waals surface area contributed by atoms with Gasteiger partial charge >= 0.3 is 0 Å². The van der Waals surface area contributed by atoms with Crippen molar-refractivity contribution in [1.29, 1.82) is 0 Å². The molecule has 2 rings (SSSR count). The molecule has 1 aliphatic carbocycles. The Balaban J connectivity index is 1.65. The van der Waals surface area contributed by atoms with E-state index in [2.05, 4.69) is 5.32 Å². The number of amides is 1. The van der Waals surface area contributed by atoms with E-state index in [1.807, 2.05) is 32.0 Å². The van der Waals surface area contributed by atoms with Gasteiger partial charge in [-0.3, -0.25) is 4.79 Å². The van der Waals surface area contributed by atoms with Gasteiger partial charge in [0.2, 0.25) is 5.91 Å². The molecule has 0 unspecified atom stereocenters. The molecule has 0 heterocycles. The first kappa shape index (κ1) is 14.9. The number of ether oxygens (including phenoxy) is 1. The second-order valence-electron chi connectivity index (χ2n) is 5.59. The summed E-state index contributed by atoms with van der Waals surface area (Å²) >= 11 is 0. The molecule has 0 bridgehead atoms. The fourth-order valence-corrected chi connectivity index (χ4v) is 2.35. The normalized spacial score (nSPS) is 21.1. The zero-order valence-electron chi connectivity index (χ0n) is 12.2. The lowest BCUT2D eigenvalue weighted by atomic mass is 9.82. The predicted molar refractivity (Wildman–Crippen MR) is 77.8 cm³/mol. The van der Waals surface area contributed by atoms with Gasteiger partial charge < -0.3 is 15.2 Å². The van der Waals surface area contributed by atoms with Crippen LogP contribution in [0.1, 0.15) is 30.4 Å². The SMILES string of the molecule is Cc1cccc(OCCC(=O)NCC2CC(O)C2)c1C. The Labute approximate surface area is 120 Å². The molecule has 0 spiro atoms.